The van der Waals surface area contributed by atoms with Gasteiger partial charge in [-0.15, -0.1) is 11.3 Å². The van der Waals surface area contributed by atoms with Crippen LogP contribution < -0.4 is 10.1 Å². The lowest BCUT2D eigenvalue weighted by Crippen LogP contribution is -2.34. The first kappa shape index (κ1) is 14.4. The third kappa shape index (κ3) is 3.05. The number of nitrogens with zero attached hydrogens (tertiary/aromatic N) is 1. The number of thiazole rings is 1. The molecule has 0 amide bonds. The molecule has 0 fully saturated rings. The summed E-state index contributed by atoms with van der Waals surface area (Å²) in [5.41, 5.74) is 3.31. The van der Waals surface area contributed by atoms with Gasteiger partial charge < -0.3 is 10.1 Å². The van der Waals surface area contributed by atoms with Gasteiger partial charge in [-0.3, -0.25) is 0 Å². The minimum absolute atomic E-state index is 0.249. The summed E-state index contributed by atoms with van der Waals surface area (Å²) >= 11 is 1.75. The zero-order valence-corrected chi connectivity index (χ0v) is 13.7. The maximum atomic E-state index is 6.05. The Morgan fingerprint density at radius 3 is 3.05 bits per heavy atom. The molecular formula is C17H22N2OS. The van der Waals surface area contributed by atoms with Crippen LogP contribution in [0.15, 0.2) is 23.6 Å². The molecule has 0 radical (unpaired) electrons. The molecule has 1 aliphatic rings. The van der Waals surface area contributed by atoms with Crippen molar-refractivity contribution >= 4 is 17.0 Å². The number of benzene rings is 1. The largest absolute Gasteiger partial charge is 0.486 e. The second-order valence-electron chi connectivity index (χ2n) is 5.87. The predicted molar refractivity (Wildman–Crippen MR) is 89.3 cm³/mol. The molecule has 112 valence electrons. The van der Waals surface area contributed by atoms with Crippen LogP contribution in [0, 0.1) is 5.92 Å². The van der Waals surface area contributed by atoms with E-state index in [2.05, 4.69) is 49.7 Å². The molecule has 0 saturated carbocycles. The first-order chi connectivity index (χ1) is 10.2. The van der Waals surface area contributed by atoms with Gasteiger partial charge >= 0.3 is 0 Å². The van der Waals surface area contributed by atoms with E-state index in [4.69, 9.17) is 9.72 Å². The molecule has 0 bridgehead atoms. The molecule has 0 aliphatic carbocycles. The second-order valence-corrected chi connectivity index (χ2v) is 6.81. The van der Waals surface area contributed by atoms with Crippen molar-refractivity contribution in [1.82, 2.24) is 4.98 Å². The minimum atomic E-state index is 0.249. The number of ether oxygens (including phenoxy) is 1. The van der Waals surface area contributed by atoms with Crippen LogP contribution in [0.2, 0.25) is 0 Å². The maximum Gasteiger partial charge on any atom is 0.142 e. The number of fused-ring (bicyclic) bond motifs is 1. The molecule has 1 atom stereocenters. The van der Waals surface area contributed by atoms with Gasteiger partial charge in [-0.1, -0.05) is 20.8 Å². The van der Waals surface area contributed by atoms with Crippen molar-refractivity contribution in [2.24, 2.45) is 5.92 Å². The average molecular weight is 302 g/mol. The van der Waals surface area contributed by atoms with Gasteiger partial charge in [-0.25, -0.2) is 4.98 Å². The van der Waals surface area contributed by atoms with Gasteiger partial charge in [0.2, 0.25) is 0 Å². The lowest BCUT2D eigenvalue weighted by molar-refractivity contribution is 0.156. The molecular weight excluding hydrogens is 280 g/mol. The molecule has 1 aliphatic heterocycles. The SMILES string of the molecule is CCCc1nc(-c2ccc3c(c2)NCC(C(C)C)O3)cs1. The summed E-state index contributed by atoms with van der Waals surface area (Å²) < 4.78 is 6.05. The van der Waals surface area contributed by atoms with Gasteiger partial charge in [0, 0.05) is 10.9 Å². The summed E-state index contributed by atoms with van der Waals surface area (Å²) in [6.45, 7) is 7.44. The molecule has 3 nitrogen and oxygen atoms in total. The zero-order chi connectivity index (χ0) is 14.8. The average Bonchev–Trinajstić information content (AvgIpc) is 2.95. The van der Waals surface area contributed by atoms with E-state index < -0.39 is 0 Å². The fraction of sp³-hybridized carbons (Fsp3) is 0.471. The number of hydrogen-bond donors (Lipinski definition) is 1. The first-order valence-electron chi connectivity index (χ1n) is 7.66. The van der Waals surface area contributed by atoms with Gasteiger partial charge in [0.1, 0.15) is 11.9 Å². The highest BCUT2D eigenvalue weighted by Gasteiger charge is 2.22. The van der Waals surface area contributed by atoms with Crippen molar-refractivity contribution in [3.05, 3.63) is 28.6 Å². The number of aryl methyl sites for hydroxylation is 1. The lowest BCUT2D eigenvalue weighted by atomic mass is 10.0. The number of aromatic nitrogens is 1. The fourth-order valence-electron chi connectivity index (χ4n) is 2.49. The van der Waals surface area contributed by atoms with Gasteiger partial charge in [-0.2, -0.15) is 0 Å². The molecule has 3 rings (SSSR count). The molecule has 1 aromatic carbocycles. The topological polar surface area (TPSA) is 34.2 Å². The van der Waals surface area contributed by atoms with Crippen molar-refractivity contribution in [2.45, 2.75) is 39.7 Å². The molecule has 0 saturated heterocycles. The quantitative estimate of drug-likeness (QED) is 0.897. The van der Waals surface area contributed by atoms with Crippen molar-refractivity contribution in [3.8, 4) is 17.0 Å². The van der Waals surface area contributed by atoms with Crippen LogP contribution in [0.1, 0.15) is 32.2 Å². The smallest absolute Gasteiger partial charge is 0.142 e. The molecule has 1 unspecified atom stereocenters. The van der Waals surface area contributed by atoms with E-state index in [1.807, 2.05) is 0 Å². The normalized spacial score (nSPS) is 17.2. The van der Waals surface area contributed by atoms with Crippen LogP contribution in [0.4, 0.5) is 5.69 Å². The van der Waals surface area contributed by atoms with Gasteiger partial charge in [-0.05, 0) is 37.0 Å². The maximum absolute atomic E-state index is 6.05. The molecule has 4 heteroatoms. The fourth-order valence-corrected chi connectivity index (χ4v) is 3.40. The summed E-state index contributed by atoms with van der Waals surface area (Å²) in [5.74, 6) is 1.47. The number of hydrogen-bond acceptors (Lipinski definition) is 4. The van der Waals surface area contributed by atoms with Crippen LogP contribution in [0.25, 0.3) is 11.3 Å². The van der Waals surface area contributed by atoms with E-state index in [1.165, 1.54) is 5.01 Å². The van der Waals surface area contributed by atoms with E-state index in [0.717, 1.165) is 42.1 Å². The third-order valence-corrected chi connectivity index (χ3v) is 4.72. The second kappa shape index (κ2) is 6.06. The Morgan fingerprint density at radius 2 is 2.29 bits per heavy atom. The highest BCUT2D eigenvalue weighted by Crippen LogP contribution is 2.35. The number of anilines is 1. The van der Waals surface area contributed by atoms with Crippen LogP contribution in [-0.4, -0.2) is 17.6 Å². The van der Waals surface area contributed by atoms with Crippen LogP contribution in [0.3, 0.4) is 0 Å². The van der Waals surface area contributed by atoms with E-state index in [1.54, 1.807) is 11.3 Å². The monoisotopic (exact) mass is 302 g/mol. The molecule has 1 N–H and O–H groups in total. The van der Waals surface area contributed by atoms with Gasteiger partial charge in [0.05, 0.1) is 22.9 Å². The number of nitrogens with one attached hydrogen (secondary N) is 1. The Bertz CT molecular complexity index is 621. The Hall–Kier alpha value is -1.55. The summed E-state index contributed by atoms with van der Waals surface area (Å²) in [7, 11) is 0. The molecule has 1 aromatic heterocycles. The predicted octanol–water partition coefficient (Wildman–Crippen LogP) is 4.59. The summed E-state index contributed by atoms with van der Waals surface area (Å²) in [6.07, 6.45) is 2.45. The van der Waals surface area contributed by atoms with Crippen molar-refractivity contribution in [3.63, 3.8) is 0 Å². The zero-order valence-electron chi connectivity index (χ0n) is 12.8. The molecule has 21 heavy (non-hydrogen) atoms. The Morgan fingerprint density at radius 1 is 1.43 bits per heavy atom. The Balaban J connectivity index is 1.83. The van der Waals surface area contributed by atoms with Crippen LogP contribution >= 0.6 is 11.3 Å². The van der Waals surface area contributed by atoms with E-state index in [9.17, 15) is 0 Å². The van der Waals surface area contributed by atoms with Crippen molar-refractivity contribution in [2.75, 3.05) is 11.9 Å². The van der Waals surface area contributed by atoms with Crippen LogP contribution in [0.5, 0.6) is 5.75 Å². The van der Waals surface area contributed by atoms with Crippen molar-refractivity contribution in [1.29, 1.82) is 0 Å². The minimum Gasteiger partial charge on any atom is -0.486 e. The molecule has 0 spiro atoms. The summed E-state index contributed by atoms with van der Waals surface area (Å²) in [6, 6.07) is 6.32. The standard InChI is InChI=1S/C17H22N2OS/c1-4-5-17-19-14(10-21-17)12-6-7-15-13(8-12)18-9-16(20-15)11(2)3/h6-8,10-11,16,18H,4-5,9H2,1-3H3. The summed E-state index contributed by atoms with van der Waals surface area (Å²) in [5, 5.41) is 6.85. The first-order valence-corrected chi connectivity index (χ1v) is 8.54. The van der Waals surface area contributed by atoms with E-state index in [0.29, 0.717) is 5.92 Å². The highest BCUT2D eigenvalue weighted by atomic mass is 32.1. The van der Waals surface area contributed by atoms with Gasteiger partial charge in [0.15, 0.2) is 0 Å². The van der Waals surface area contributed by atoms with Gasteiger partial charge in [0.25, 0.3) is 0 Å². The van der Waals surface area contributed by atoms with E-state index >= 15 is 0 Å². The Kier molecular flexibility index (Phi) is 4.15. The summed E-state index contributed by atoms with van der Waals surface area (Å²) in [4.78, 5) is 4.71. The molecule has 2 aromatic rings. The van der Waals surface area contributed by atoms with Crippen LogP contribution in [-0.2, 0) is 6.42 Å². The number of rotatable bonds is 4. The van der Waals surface area contributed by atoms with E-state index in [-0.39, 0.29) is 6.10 Å². The highest BCUT2D eigenvalue weighted by molar-refractivity contribution is 7.09. The molecule has 2 heterocycles. The lowest BCUT2D eigenvalue weighted by Gasteiger charge is -2.30. The third-order valence-electron chi connectivity index (χ3n) is 3.81. The Labute approximate surface area is 130 Å². The van der Waals surface area contributed by atoms with Crippen molar-refractivity contribution < 1.29 is 4.74 Å².